The van der Waals surface area contributed by atoms with Crippen molar-refractivity contribution in [1.29, 1.82) is 0 Å². The molecule has 90 valence electrons. The van der Waals surface area contributed by atoms with Crippen molar-refractivity contribution in [1.82, 2.24) is 10.6 Å². The summed E-state index contributed by atoms with van der Waals surface area (Å²) in [6.07, 6.45) is 0.448. The van der Waals surface area contributed by atoms with E-state index in [2.05, 4.69) is 10.6 Å². The highest BCUT2D eigenvalue weighted by molar-refractivity contribution is 5.77. The number of aliphatic hydroxyl groups is 2. The largest absolute Gasteiger partial charge is 0.395 e. The van der Waals surface area contributed by atoms with Crippen molar-refractivity contribution in [2.24, 2.45) is 5.92 Å². The minimum Gasteiger partial charge on any atom is -0.395 e. The molecule has 1 aliphatic rings. The minimum atomic E-state index is -0.243. The number of hydrogen-bond donors (Lipinski definition) is 4. The summed E-state index contributed by atoms with van der Waals surface area (Å²) in [5.74, 6) is 0.213. The van der Waals surface area contributed by atoms with E-state index in [-0.39, 0.29) is 30.6 Å². The molecule has 2 unspecified atom stereocenters. The number of β-amino-alcohol motifs (C(OH)–C–C–N with tert-alkyl or cyclic N) is 1. The van der Waals surface area contributed by atoms with Crippen molar-refractivity contribution in [2.45, 2.75) is 32.4 Å². The Labute approximate surface area is 90.9 Å². The molecule has 5 heteroatoms. The third-order valence-electron chi connectivity index (χ3n) is 2.19. The van der Waals surface area contributed by atoms with Gasteiger partial charge in [0.25, 0.3) is 0 Å². The first kappa shape index (κ1) is 14.3. The van der Waals surface area contributed by atoms with E-state index in [0.29, 0.717) is 13.0 Å². The van der Waals surface area contributed by atoms with Gasteiger partial charge < -0.3 is 20.8 Å². The summed E-state index contributed by atoms with van der Waals surface area (Å²) < 4.78 is 0. The van der Waals surface area contributed by atoms with Gasteiger partial charge >= 0.3 is 0 Å². The molecule has 4 N–H and O–H groups in total. The maximum Gasteiger partial charge on any atom is 0.222 e. The van der Waals surface area contributed by atoms with Crippen LogP contribution in [-0.4, -0.2) is 48.5 Å². The van der Waals surface area contributed by atoms with Crippen molar-refractivity contribution in [3.63, 3.8) is 0 Å². The maximum absolute atomic E-state index is 10.4. The number of hydrogen-bond acceptors (Lipinski definition) is 4. The maximum atomic E-state index is 10.4. The zero-order chi connectivity index (χ0) is 11.8. The normalized spacial score (nSPS) is 24.7. The Bertz CT molecular complexity index is 186. The Kier molecular flexibility index (Phi) is 7.29. The van der Waals surface area contributed by atoms with Crippen LogP contribution in [0.4, 0.5) is 0 Å². The SMILES string of the molecule is CNC(=O)C(C)C.OCC1CC(O)CN1. The van der Waals surface area contributed by atoms with Crippen molar-refractivity contribution in [3.05, 3.63) is 0 Å². The van der Waals surface area contributed by atoms with Gasteiger partial charge in [0.2, 0.25) is 5.91 Å². The number of carbonyl (C=O) groups excluding carboxylic acids is 1. The Hall–Kier alpha value is -0.650. The average molecular weight is 218 g/mol. The molecular formula is C10H22N2O3. The first-order valence-electron chi connectivity index (χ1n) is 5.25. The lowest BCUT2D eigenvalue weighted by atomic mass is 10.2. The van der Waals surface area contributed by atoms with Crippen LogP contribution in [0.5, 0.6) is 0 Å². The smallest absolute Gasteiger partial charge is 0.222 e. The second-order valence-corrected chi connectivity index (χ2v) is 3.95. The van der Waals surface area contributed by atoms with Crippen LogP contribution < -0.4 is 10.6 Å². The molecule has 1 fully saturated rings. The van der Waals surface area contributed by atoms with Gasteiger partial charge in [-0.25, -0.2) is 0 Å². The fraction of sp³-hybridized carbons (Fsp3) is 0.900. The predicted molar refractivity (Wildman–Crippen MR) is 58.4 cm³/mol. The lowest BCUT2D eigenvalue weighted by Gasteiger charge is -2.01. The zero-order valence-electron chi connectivity index (χ0n) is 9.66. The van der Waals surface area contributed by atoms with Crippen molar-refractivity contribution < 1.29 is 15.0 Å². The number of carbonyl (C=O) groups is 1. The molecule has 2 atom stereocenters. The summed E-state index contributed by atoms with van der Waals surface area (Å²) in [6.45, 7) is 4.49. The summed E-state index contributed by atoms with van der Waals surface area (Å²) in [4.78, 5) is 10.4. The van der Waals surface area contributed by atoms with Crippen LogP contribution >= 0.6 is 0 Å². The molecule has 15 heavy (non-hydrogen) atoms. The first-order valence-corrected chi connectivity index (χ1v) is 5.25. The van der Waals surface area contributed by atoms with Gasteiger partial charge in [-0.05, 0) is 6.42 Å². The number of nitrogens with one attached hydrogen (secondary N) is 2. The predicted octanol–water partition coefficient (Wildman–Crippen LogP) is -0.910. The zero-order valence-corrected chi connectivity index (χ0v) is 9.66. The molecule has 1 saturated heterocycles. The van der Waals surface area contributed by atoms with E-state index in [9.17, 15) is 4.79 Å². The monoisotopic (exact) mass is 218 g/mol. The summed E-state index contributed by atoms with van der Waals surface area (Å²) in [5.41, 5.74) is 0. The molecule has 1 amide bonds. The average Bonchev–Trinajstić information content (AvgIpc) is 2.63. The Morgan fingerprint density at radius 2 is 2.20 bits per heavy atom. The summed E-state index contributed by atoms with van der Waals surface area (Å²) in [6, 6.07) is 0.130. The lowest BCUT2D eigenvalue weighted by Crippen LogP contribution is -2.24. The molecule has 0 aromatic heterocycles. The second kappa shape index (κ2) is 7.62. The van der Waals surface area contributed by atoms with Crippen molar-refractivity contribution >= 4 is 5.91 Å². The molecule has 0 aromatic carbocycles. The van der Waals surface area contributed by atoms with Crippen LogP contribution in [0.2, 0.25) is 0 Å². The van der Waals surface area contributed by atoms with E-state index in [1.807, 2.05) is 13.8 Å². The van der Waals surface area contributed by atoms with Crippen LogP contribution in [0.3, 0.4) is 0 Å². The van der Waals surface area contributed by atoms with Crippen LogP contribution in [0.1, 0.15) is 20.3 Å². The second-order valence-electron chi connectivity index (χ2n) is 3.95. The summed E-state index contributed by atoms with van der Waals surface area (Å²) in [7, 11) is 1.64. The Morgan fingerprint density at radius 1 is 1.60 bits per heavy atom. The minimum absolute atomic E-state index is 0.0972. The lowest BCUT2D eigenvalue weighted by molar-refractivity contribution is -0.123. The molecular weight excluding hydrogens is 196 g/mol. The molecule has 1 heterocycles. The Balaban J connectivity index is 0.000000265. The molecule has 0 aromatic rings. The number of rotatable bonds is 2. The van der Waals surface area contributed by atoms with Gasteiger partial charge in [0.1, 0.15) is 0 Å². The van der Waals surface area contributed by atoms with Crippen LogP contribution in [-0.2, 0) is 4.79 Å². The molecule has 0 radical (unpaired) electrons. The molecule has 5 nitrogen and oxygen atoms in total. The summed E-state index contributed by atoms with van der Waals surface area (Å²) >= 11 is 0. The molecule has 0 bridgehead atoms. The van der Waals surface area contributed by atoms with Crippen LogP contribution in [0, 0.1) is 5.92 Å². The van der Waals surface area contributed by atoms with Crippen LogP contribution in [0.15, 0.2) is 0 Å². The van der Waals surface area contributed by atoms with Gasteiger partial charge in [0.15, 0.2) is 0 Å². The molecule has 0 aliphatic carbocycles. The first-order chi connectivity index (χ1) is 7.01. The third-order valence-corrected chi connectivity index (χ3v) is 2.19. The van der Waals surface area contributed by atoms with E-state index in [4.69, 9.17) is 10.2 Å². The number of amides is 1. The van der Waals surface area contributed by atoms with E-state index >= 15 is 0 Å². The van der Waals surface area contributed by atoms with Gasteiger partial charge in [0, 0.05) is 25.6 Å². The van der Waals surface area contributed by atoms with Crippen LogP contribution in [0.25, 0.3) is 0 Å². The molecule has 0 saturated carbocycles. The highest BCUT2D eigenvalue weighted by atomic mass is 16.3. The van der Waals surface area contributed by atoms with Gasteiger partial charge in [-0.15, -0.1) is 0 Å². The Morgan fingerprint density at radius 3 is 2.33 bits per heavy atom. The molecule has 1 aliphatic heterocycles. The van der Waals surface area contributed by atoms with Crippen molar-refractivity contribution in [3.8, 4) is 0 Å². The van der Waals surface area contributed by atoms with Gasteiger partial charge in [-0.1, -0.05) is 13.8 Å². The van der Waals surface area contributed by atoms with E-state index in [0.717, 1.165) is 0 Å². The summed E-state index contributed by atoms with van der Waals surface area (Å²) in [5, 5.41) is 22.8. The van der Waals surface area contributed by atoms with Gasteiger partial charge in [-0.2, -0.15) is 0 Å². The number of aliphatic hydroxyl groups excluding tert-OH is 2. The molecule has 0 spiro atoms. The van der Waals surface area contributed by atoms with E-state index in [1.54, 1.807) is 7.05 Å². The topological polar surface area (TPSA) is 81.6 Å². The molecule has 1 rings (SSSR count). The highest BCUT2D eigenvalue weighted by Gasteiger charge is 2.20. The highest BCUT2D eigenvalue weighted by Crippen LogP contribution is 2.03. The van der Waals surface area contributed by atoms with Gasteiger partial charge in [-0.3, -0.25) is 4.79 Å². The standard InChI is InChI=1S/C5H11NO2.C5H11NO/c7-3-4-1-5(8)2-6-4;1-4(2)5(7)6-3/h4-8H,1-3H2;4H,1-3H3,(H,6,7). The van der Waals surface area contributed by atoms with E-state index in [1.165, 1.54) is 0 Å². The fourth-order valence-corrected chi connectivity index (χ4v) is 1.23. The fourth-order valence-electron chi connectivity index (χ4n) is 1.23. The third kappa shape index (κ3) is 6.43. The quantitative estimate of drug-likeness (QED) is 0.484. The van der Waals surface area contributed by atoms with Gasteiger partial charge in [0.05, 0.1) is 12.7 Å². The van der Waals surface area contributed by atoms with E-state index < -0.39 is 0 Å². The van der Waals surface area contributed by atoms with Crippen molar-refractivity contribution in [2.75, 3.05) is 20.2 Å².